The van der Waals surface area contributed by atoms with E-state index in [1.807, 2.05) is 0 Å². The van der Waals surface area contributed by atoms with Gasteiger partial charge in [-0.25, -0.2) is 13.2 Å². The lowest BCUT2D eigenvalue weighted by molar-refractivity contribution is -0.137. The molecule has 0 radical (unpaired) electrons. The SMILES string of the molecule is CCN(CCC(=O)O)C(=O)c1c(F)cc(F)cc1F. The van der Waals surface area contributed by atoms with E-state index >= 15 is 0 Å². The summed E-state index contributed by atoms with van der Waals surface area (Å²) in [6.45, 7) is 1.45. The van der Waals surface area contributed by atoms with Crippen molar-refractivity contribution in [2.45, 2.75) is 13.3 Å². The molecule has 0 unspecified atom stereocenters. The second kappa shape index (κ2) is 6.21. The first kappa shape index (κ1) is 15.0. The molecule has 0 saturated carbocycles. The Morgan fingerprint density at radius 3 is 2.16 bits per heavy atom. The normalized spacial score (nSPS) is 10.3. The molecule has 0 aliphatic rings. The molecular formula is C12H12F3NO3. The Hall–Kier alpha value is -2.05. The maximum atomic E-state index is 13.4. The number of carbonyl (C=O) groups is 2. The van der Waals surface area contributed by atoms with Crippen molar-refractivity contribution < 1.29 is 27.9 Å². The predicted octanol–water partition coefficient (Wildman–Crippen LogP) is 2.04. The Labute approximate surface area is 107 Å². The van der Waals surface area contributed by atoms with Gasteiger partial charge in [0.2, 0.25) is 0 Å². The average Bonchev–Trinajstić information content (AvgIpc) is 2.27. The number of hydrogen-bond donors (Lipinski definition) is 1. The van der Waals surface area contributed by atoms with E-state index in [0.29, 0.717) is 12.1 Å². The van der Waals surface area contributed by atoms with Crippen LogP contribution in [-0.4, -0.2) is 35.0 Å². The van der Waals surface area contributed by atoms with Crippen LogP contribution in [-0.2, 0) is 4.79 Å². The van der Waals surface area contributed by atoms with E-state index in [0.717, 1.165) is 4.90 Å². The van der Waals surface area contributed by atoms with Gasteiger partial charge in [-0.3, -0.25) is 9.59 Å². The zero-order valence-electron chi connectivity index (χ0n) is 10.1. The summed E-state index contributed by atoms with van der Waals surface area (Å²) in [7, 11) is 0. The fraction of sp³-hybridized carbons (Fsp3) is 0.333. The number of aliphatic carboxylic acids is 1. The number of carboxylic acid groups (broad SMARTS) is 1. The van der Waals surface area contributed by atoms with Gasteiger partial charge in [-0.05, 0) is 6.92 Å². The van der Waals surface area contributed by atoms with Crippen LogP contribution in [0.4, 0.5) is 13.2 Å². The highest BCUT2D eigenvalue weighted by Crippen LogP contribution is 2.17. The first-order chi connectivity index (χ1) is 8.86. The molecular weight excluding hydrogens is 263 g/mol. The first-order valence-electron chi connectivity index (χ1n) is 5.52. The fourth-order valence-corrected chi connectivity index (χ4v) is 1.54. The molecule has 0 heterocycles. The summed E-state index contributed by atoms with van der Waals surface area (Å²) < 4.78 is 39.6. The van der Waals surface area contributed by atoms with Crippen molar-refractivity contribution in [1.82, 2.24) is 4.90 Å². The van der Waals surface area contributed by atoms with E-state index in [-0.39, 0.29) is 19.5 Å². The maximum absolute atomic E-state index is 13.4. The van der Waals surface area contributed by atoms with Crippen molar-refractivity contribution in [3.05, 3.63) is 35.1 Å². The largest absolute Gasteiger partial charge is 0.481 e. The van der Waals surface area contributed by atoms with Gasteiger partial charge in [-0.2, -0.15) is 0 Å². The second-order valence-corrected chi connectivity index (χ2v) is 3.77. The highest BCUT2D eigenvalue weighted by Gasteiger charge is 2.23. The zero-order chi connectivity index (χ0) is 14.6. The Bertz CT molecular complexity index is 482. The average molecular weight is 275 g/mol. The summed E-state index contributed by atoms with van der Waals surface area (Å²) >= 11 is 0. The summed E-state index contributed by atoms with van der Waals surface area (Å²) in [5, 5.41) is 8.52. The van der Waals surface area contributed by atoms with Crippen LogP contribution in [0.5, 0.6) is 0 Å². The summed E-state index contributed by atoms with van der Waals surface area (Å²) in [6, 6.07) is 0.808. The molecule has 4 nitrogen and oxygen atoms in total. The van der Waals surface area contributed by atoms with Crippen molar-refractivity contribution in [3.8, 4) is 0 Å². The fourth-order valence-electron chi connectivity index (χ4n) is 1.54. The molecule has 0 atom stereocenters. The Kier molecular flexibility index (Phi) is 4.91. The third-order valence-electron chi connectivity index (χ3n) is 2.49. The molecule has 0 spiro atoms. The summed E-state index contributed by atoms with van der Waals surface area (Å²) in [5.41, 5.74) is -0.881. The zero-order valence-corrected chi connectivity index (χ0v) is 10.1. The lowest BCUT2D eigenvalue weighted by Gasteiger charge is -2.20. The van der Waals surface area contributed by atoms with Gasteiger partial charge in [-0.1, -0.05) is 0 Å². The number of carboxylic acids is 1. The molecule has 0 aliphatic heterocycles. The highest BCUT2D eigenvalue weighted by atomic mass is 19.1. The van der Waals surface area contributed by atoms with Crippen LogP contribution in [0.2, 0.25) is 0 Å². The third-order valence-corrected chi connectivity index (χ3v) is 2.49. The smallest absolute Gasteiger partial charge is 0.305 e. The monoisotopic (exact) mass is 275 g/mol. The summed E-state index contributed by atoms with van der Waals surface area (Å²) in [4.78, 5) is 23.3. The molecule has 1 N–H and O–H groups in total. The molecule has 19 heavy (non-hydrogen) atoms. The Morgan fingerprint density at radius 2 is 1.74 bits per heavy atom. The van der Waals surface area contributed by atoms with E-state index in [1.165, 1.54) is 0 Å². The van der Waals surface area contributed by atoms with Crippen LogP contribution in [0.3, 0.4) is 0 Å². The van der Waals surface area contributed by atoms with Gasteiger partial charge >= 0.3 is 5.97 Å². The topological polar surface area (TPSA) is 57.6 Å². The Balaban J connectivity index is 3.01. The van der Waals surface area contributed by atoms with Crippen molar-refractivity contribution in [2.24, 2.45) is 0 Å². The lowest BCUT2D eigenvalue weighted by Crippen LogP contribution is -2.34. The van der Waals surface area contributed by atoms with Crippen molar-refractivity contribution in [2.75, 3.05) is 13.1 Å². The number of benzene rings is 1. The number of amides is 1. The first-order valence-corrected chi connectivity index (χ1v) is 5.52. The molecule has 0 fully saturated rings. The number of rotatable bonds is 5. The summed E-state index contributed by atoms with van der Waals surface area (Å²) in [5.74, 6) is -5.88. The molecule has 104 valence electrons. The maximum Gasteiger partial charge on any atom is 0.305 e. The minimum atomic E-state index is -1.31. The standard InChI is InChI=1S/C12H12F3NO3/c1-2-16(4-3-10(17)18)12(19)11-8(14)5-7(13)6-9(11)15/h5-6H,2-4H2,1H3,(H,17,18). The minimum absolute atomic E-state index is 0.0857. The van der Waals surface area contributed by atoms with Crippen molar-refractivity contribution in [1.29, 1.82) is 0 Å². The van der Waals surface area contributed by atoms with Gasteiger partial charge in [0.25, 0.3) is 5.91 Å². The molecule has 0 aliphatic carbocycles. The minimum Gasteiger partial charge on any atom is -0.481 e. The molecule has 1 rings (SSSR count). The van der Waals surface area contributed by atoms with Crippen LogP contribution in [0.25, 0.3) is 0 Å². The molecule has 1 aromatic carbocycles. The predicted molar refractivity (Wildman–Crippen MR) is 60.1 cm³/mol. The van der Waals surface area contributed by atoms with Gasteiger partial charge in [-0.15, -0.1) is 0 Å². The number of halogens is 3. The van der Waals surface area contributed by atoms with Crippen molar-refractivity contribution in [3.63, 3.8) is 0 Å². The van der Waals surface area contributed by atoms with Crippen LogP contribution < -0.4 is 0 Å². The van der Waals surface area contributed by atoms with Crippen LogP contribution in [0, 0.1) is 17.5 Å². The van der Waals surface area contributed by atoms with E-state index < -0.39 is 34.9 Å². The summed E-state index contributed by atoms with van der Waals surface area (Å²) in [6.07, 6.45) is -0.343. The van der Waals surface area contributed by atoms with E-state index in [2.05, 4.69) is 0 Å². The molecule has 7 heteroatoms. The van der Waals surface area contributed by atoms with Gasteiger partial charge in [0.15, 0.2) is 0 Å². The molecule has 0 saturated heterocycles. The second-order valence-electron chi connectivity index (χ2n) is 3.77. The van der Waals surface area contributed by atoms with E-state index in [9.17, 15) is 22.8 Å². The molecule has 0 aromatic heterocycles. The molecule has 0 bridgehead atoms. The lowest BCUT2D eigenvalue weighted by atomic mass is 10.1. The van der Waals surface area contributed by atoms with Crippen LogP contribution in [0.15, 0.2) is 12.1 Å². The number of carbonyl (C=O) groups excluding carboxylic acids is 1. The van der Waals surface area contributed by atoms with Gasteiger partial charge in [0, 0.05) is 25.2 Å². The van der Waals surface area contributed by atoms with E-state index in [1.54, 1.807) is 6.92 Å². The molecule has 1 amide bonds. The van der Waals surface area contributed by atoms with Gasteiger partial charge in [0.05, 0.1) is 6.42 Å². The van der Waals surface area contributed by atoms with Gasteiger partial charge in [0.1, 0.15) is 23.0 Å². The highest BCUT2D eigenvalue weighted by molar-refractivity contribution is 5.95. The number of nitrogens with zero attached hydrogens (tertiary/aromatic N) is 1. The van der Waals surface area contributed by atoms with E-state index in [4.69, 9.17) is 5.11 Å². The Morgan fingerprint density at radius 1 is 1.21 bits per heavy atom. The quantitative estimate of drug-likeness (QED) is 0.894. The van der Waals surface area contributed by atoms with Crippen LogP contribution >= 0.6 is 0 Å². The number of hydrogen-bond acceptors (Lipinski definition) is 2. The van der Waals surface area contributed by atoms with Gasteiger partial charge < -0.3 is 10.0 Å². The van der Waals surface area contributed by atoms with Crippen molar-refractivity contribution >= 4 is 11.9 Å². The third kappa shape index (κ3) is 3.70. The molecule has 1 aromatic rings. The van der Waals surface area contributed by atoms with Crippen LogP contribution in [0.1, 0.15) is 23.7 Å².